The molecule has 0 spiro atoms. The Labute approximate surface area is 170 Å². The molecular formula is C16H15N2NaO5S. The van der Waals surface area contributed by atoms with E-state index in [1.54, 1.807) is 37.3 Å². The molecular weight excluding hydrogens is 355 g/mol. The first-order valence-corrected chi connectivity index (χ1v) is 8.46. The second kappa shape index (κ2) is 5.99. The number of benzene rings is 1. The van der Waals surface area contributed by atoms with E-state index >= 15 is 0 Å². The standard InChI is InChI=1S/C16H16N2O5S.Na/c1-15-7-16(15,14(22)23)18-12(21)9(13(18)24-15)17-11(20)10(19)8-5-3-2-4-6-8;/h2-6,9-10,13,19H,7H2,1H3,(H,17,20)(H,22,23);/q;+1/p-1/t9?,10?,13-,15?,16?;/m1./s1. The fourth-order valence-electron chi connectivity index (χ4n) is 3.72. The maximum Gasteiger partial charge on any atom is 1.00 e. The summed E-state index contributed by atoms with van der Waals surface area (Å²) >= 11 is 1.37. The zero-order valence-electron chi connectivity index (χ0n) is 13.8. The molecule has 2 N–H and O–H groups in total. The van der Waals surface area contributed by atoms with Gasteiger partial charge in [0.1, 0.15) is 11.4 Å². The van der Waals surface area contributed by atoms with Crippen LogP contribution < -0.4 is 40.0 Å². The van der Waals surface area contributed by atoms with Crippen LogP contribution in [-0.2, 0) is 14.4 Å². The number of aliphatic carboxylic acids is 1. The van der Waals surface area contributed by atoms with Crippen LogP contribution in [0.1, 0.15) is 25.0 Å². The molecule has 3 fully saturated rings. The van der Waals surface area contributed by atoms with Gasteiger partial charge in [-0.25, -0.2) is 0 Å². The van der Waals surface area contributed by atoms with E-state index in [2.05, 4.69) is 5.32 Å². The number of aliphatic hydroxyl groups excluding tert-OH is 1. The smallest absolute Gasteiger partial charge is 0.548 e. The van der Waals surface area contributed by atoms with Crippen LogP contribution in [0, 0.1) is 0 Å². The Kier molecular flexibility index (Phi) is 4.49. The molecule has 2 saturated heterocycles. The number of rotatable bonds is 4. The monoisotopic (exact) mass is 370 g/mol. The Bertz CT molecular complexity index is 762. The molecule has 0 radical (unpaired) electrons. The van der Waals surface area contributed by atoms with Crippen molar-refractivity contribution in [1.82, 2.24) is 10.2 Å². The predicted octanol–water partition coefficient (Wildman–Crippen LogP) is -4.22. The molecule has 4 unspecified atom stereocenters. The SMILES string of the molecule is CC12CC1(C(=O)[O-])N1C(=O)C(NC(=O)C(O)c3ccccc3)[C@H]1S2.[Na+]. The number of aliphatic hydroxyl groups is 1. The first-order chi connectivity index (χ1) is 11.3. The molecule has 2 heterocycles. The van der Waals surface area contributed by atoms with Crippen LogP contribution in [0.15, 0.2) is 30.3 Å². The van der Waals surface area contributed by atoms with Crippen molar-refractivity contribution in [3.05, 3.63) is 35.9 Å². The number of hydrogen-bond donors (Lipinski definition) is 2. The number of carboxylic acid groups (broad SMARTS) is 1. The van der Waals surface area contributed by atoms with Crippen LogP contribution in [0.4, 0.5) is 0 Å². The van der Waals surface area contributed by atoms with Crippen molar-refractivity contribution in [3.8, 4) is 0 Å². The first kappa shape index (κ1) is 18.7. The quantitative estimate of drug-likeness (QED) is 0.411. The number of nitrogens with zero attached hydrogens (tertiary/aromatic N) is 1. The Morgan fingerprint density at radius 2 is 2.04 bits per heavy atom. The number of thioether (sulfide) groups is 1. The molecule has 9 heteroatoms. The Hall–Kier alpha value is -1.06. The third-order valence-corrected chi connectivity index (χ3v) is 6.90. The van der Waals surface area contributed by atoms with Gasteiger partial charge in [0.05, 0.1) is 11.5 Å². The molecule has 1 saturated carbocycles. The summed E-state index contributed by atoms with van der Waals surface area (Å²) in [6, 6.07) is 7.58. The van der Waals surface area contributed by atoms with E-state index in [1.165, 1.54) is 16.7 Å². The molecule has 0 aromatic heterocycles. The second-order valence-corrected chi connectivity index (χ2v) is 8.19. The summed E-state index contributed by atoms with van der Waals surface area (Å²) in [5.41, 5.74) is -0.822. The minimum absolute atomic E-state index is 0. The fraction of sp³-hybridized carbons (Fsp3) is 0.438. The van der Waals surface area contributed by atoms with Gasteiger partial charge >= 0.3 is 29.6 Å². The minimum atomic E-state index is -1.38. The van der Waals surface area contributed by atoms with E-state index in [4.69, 9.17) is 0 Å². The average molecular weight is 370 g/mol. The van der Waals surface area contributed by atoms with Crippen molar-refractivity contribution in [1.29, 1.82) is 0 Å². The summed E-state index contributed by atoms with van der Waals surface area (Å²) < 4.78 is -0.566. The third kappa shape index (κ3) is 2.39. The third-order valence-electron chi connectivity index (χ3n) is 5.18. The Morgan fingerprint density at radius 1 is 1.40 bits per heavy atom. The van der Waals surface area contributed by atoms with Gasteiger partial charge in [-0.15, -0.1) is 11.8 Å². The first-order valence-electron chi connectivity index (χ1n) is 7.58. The van der Waals surface area contributed by atoms with E-state index in [9.17, 15) is 24.6 Å². The molecule has 1 aliphatic carbocycles. The van der Waals surface area contributed by atoms with Crippen molar-refractivity contribution in [2.75, 3.05) is 0 Å². The normalized spacial score (nSPS) is 35.6. The summed E-state index contributed by atoms with van der Waals surface area (Å²) in [7, 11) is 0. The summed E-state index contributed by atoms with van der Waals surface area (Å²) in [6.07, 6.45) is -1.01. The van der Waals surface area contributed by atoms with Crippen LogP contribution in [0.25, 0.3) is 0 Å². The number of fused-ring (bicyclic) bond motifs is 3. The molecule has 1 aromatic rings. The molecule has 7 nitrogen and oxygen atoms in total. The molecule has 25 heavy (non-hydrogen) atoms. The average Bonchev–Trinajstić information content (AvgIpc) is 3.11. The number of carbonyl (C=O) groups is 3. The van der Waals surface area contributed by atoms with Crippen molar-refractivity contribution in [3.63, 3.8) is 0 Å². The van der Waals surface area contributed by atoms with Gasteiger partial charge in [0.15, 0.2) is 6.10 Å². The van der Waals surface area contributed by atoms with Gasteiger partial charge in [0.25, 0.3) is 5.91 Å². The molecule has 126 valence electrons. The van der Waals surface area contributed by atoms with E-state index in [1.807, 2.05) is 0 Å². The maximum absolute atomic E-state index is 12.4. The number of carboxylic acids is 1. The molecule has 4 rings (SSSR count). The number of β-lactam (4-membered cyclic amide) rings is 1. The molecule has 0 bridgehead atoms. The van der Waals surface area contributed by atoms with Crippen molar-refractivity contribution in [2.45, 2.75) is 41.2 Å². The van der Waals surface area contributed by atoms with Crippen molar-refractivity contribution < 1.29 is 54.2 Å². The number of carbonyl (C=O) groups excluding carboxylic acids is 3. The zero-order valence-corrected chi connectivity index (χ0v) is 16.6. The van der Waals surface area contributed by atoms with E-state index in [-0.39, 0.29) is 29.6 Å². The van der Waals surface area contributed by atoms with Crippen LogP contribution >= 0.6 is 11.8 Å². The van der Waals surface area contributed by atoms with Crippen LogP contribution in [0.2, 0.25) is 0 Å². The van der Waals surface area contributed by atoms with Crippen LogP contribution in [0.5, 0.6) is 0 Å². The van der Waals surface area contributed by atoms with Crippen LogP contribution in [0.3, 0.4) is 0 Å². The van der Waals surface area contributed by atoms with Gasteiger partial charge in [0.2, 0.25) is 5.91 Å². The van der Waals surface area contributed by atoms with E-state index in [0.717, 1.165) is 0 Å². The molecule has 5 atom stereocenters. The molecule has 3 aliphatic rings. The van der Waals surface area contributed by atoms with Crippen molar-refractivity contribution in [2.24, 2.45) is 0 Å². The number of nitrogens with one attached hydrogen (secondary N) is 1. The van der Waals surface area contributed by atoms with Gasteiger partial charge in [-0.3, -0.25) is 9.59 Å². The number of amides is 2. The van der Waals surface area contributed by atoms with E-state index < -0.39 is 45.6 Å². The molecule has 1 aromatic carbocycles. The van der Waals surface area contributed by atoms with Gasteiger partial charge in [0, 0.05) is 4.75 Å². The Morgan fingerprint density at radius 3 is 2.64 bits per heavy atom. The summed E-state index contributed by atoms with van der Waals surface area (Å²) in [4.78, 5) is 37.3. The summed E-state index contributed by atoms with van der Waals surface area (Å²) in [5, 5.41) is 23.7. The van der Waals surface area contributed by atoms with Gasteiger partial charge < -0.3 is 25.2 Å². The zero-order chi connectivity index (χ0) is 17.3. The maximum atomic E-state index is 12.4. The van der Waals surface area contributed by atoms with Gasteiger partial charge in [-0.05, 0) is 18.9 Å². The molecule has 2 aliphatic heterocycles. The van der Waals surface area contributed by atoms with Crippen molar-refractivity contribution >= 4 is 29.5 Å². The van der Waals surface area contributed by atoms with Gasteiger partial charge in [-0.1, -0.05) is 30.3 Å². The summed E-state index contributed by atoms with van der Waals surface area (Å²) in [5.74, 6) is -2.36. The topological polar surface area (TPSA) is 110 Å². The second-order valence-electron chi connectivity index (χ2n) is 6.57. The van der Waals surface area contributed by atoms with Gasteiger partial charge in [-0.2, -0.15) is 0 Å². The van der Waals surface area contributed by atoms with Crippen LogP contribution in [-0.4, -0.2) is 49.5 Å². The van der Waals surface area contributed by atoms with E-state index in [0.29, 0.717) is 12.0 Å². The number of hydrogen-bond acceptors (Lipinski definition) is 6. The summed E-state index contributed by atoms with van der Waals surface area (Å²) in [6.45, 7) is 1.79. The largest absolute Gasteiger partial charge is 1.00 e. The fourth-order valence-corrected chi connectivity index (χ4v) is 5.63. The minimum Gasteiger partial charge on any atom is -0.548 e. The predicted molar refractivity (Wildman–Crippen MR) is 82.3 cm³/mol. The molecule has 2 amide bonds. The Balaban J connectivity index is 0.00000182.